The Kier molecular flexibility index (Phi) is 5.43. The monoisotopic (exact) mass is 396 g/mol. The van der Waals surface area contributed by atoms with Crippen LogP contribution in [0.4, 0.5) is 5.00 Å². The Balaban J connectivity index is 2.28. The van der Waals surface area contributed by atoms with Crippen LogP contribution in [0.3, 0.4) is 0 Å². The number of carbonyl (C=O) groups excluding carboxylic acids is 2. The molecule has 7 heteroatoms. The van der Waals surface area contributed by atoms with Crippen molar-refractivity contribution in [2.75, 3.05) is 11.9 Å². The molecule has 0 spiro atoms. The third-order valence-electron chi connectivity index (χ3n) is 3.35. The Morgan fingerprint density at radius 1 is 1.35 bits per heavy atom. The van der Waals surface area contributed by atoms with E-state index in [1.807, 2.05) is 20.8 Å². The molecular formula is C16H17BrN2O3S. The van der Waals surface area contributed by atoms with E-state index >= 15 is 0 Å². The lowest BCUT2D eigenvalue weighted by molar-refractivity contribution is 0.100. The van der Waals surface area contributed by atoms with Crippen LogP contribution in [0.5, 0.6) is 5.75 Å². The summed E-state index contributed by atoms with van der Waals surface area (Å²) in [5.41, 5.74) is 7.03. The quantitative estimate of drug-likeness (QED) is 0.804. The maximum absolute atomic E-state index is 12.4. The van der Waals surface area contributed by atoms with Gasteiger partial charge in [0, 0.05) is 10.4 Å². The van der Waals surface area contributed by atoms with E-state index in [1.54, 1.807) is 18.2 Å². The molecule has 0 aliphatic carbocycles. The van der Waals surface area contributed by atoms with Crippen LogP contribution < -0.4 is 15.8 Å². The van der Waals surface area contributed by atoms with E-state index in [-0.39, 0.29) is 5.91 Å². The lowest BCUT2D eigenvalue weighted by Crippen LogP contribution is -2.17. The number of anilines is 1. The van der Waals surface area contributed by atoms with Crippen LogP contribution in [-0.4, -0.2) is 18.4 Å². The third kappa shape index (κ3) is 3.73. The molecule has 0 radical (unpaired) electrons. The fraction of sp³-hybridized carbons (Fsp3) is 0.250. The summed E-state index contributed by atoms with van der Waals surface area (Å²) < 4.78 is 6.12. The highest BCUT2D eigenvalue weighted by Crippen LogP contribution is 2.33. The van der Waals surface area contributed by atoms with Crippen molar-refractivity contribution in [1.29, 1.82) is 0 Å². The molecule has 1 aromatic carbocycles. The van der Waals surface area contributed by atoms with Crippen LogP contribution in [0.25, 0.3) is 0 Å². The minimum Gasteiger partial charge on any atom is -0.493 e. The summed E-state index contributed by atoms with van der Waals surface area (Å²) in [7, 11) is 0. The Morgan fingerprint density at radius 3 is 2.61 bits per heavy atom. The number of thiophene rings is 1. The molecule has 23 heavy (non-hydrogen) atoms. The SMILES string of the molecule is CCOc1ccc(C(=O)Nc2sc(C)c(C)c2C(N)=O)cc1Br. The van der Waals surface area contributed by atoms with Gasteiger partial charge in [-0.05, 0) is 60.5 Å². The van der Waals surface area contributed by atoms with Crippen LogP contribution in [-0.2, 0) is 0 Å². The number of aryl methyl sites for hydroxylation is 1. The Hall–Kier alpha value is -1.86. The topological polar surface area (TPSA) is 81.4 Å². The van der Waals surface area contributed by atoms with E-state index in [2.05, 4.69) is 21.2 Å². The second-order valence-electron chi connectivity index (χ2n) is 4.88. The average Bonchev–Trinajstić information content (AvgIpc) is 2.76. The minimum absolute atomic E-state index is 0.308. The molecule has 1 heterocycles. The predicted octanol–water partition coefficient (Wildman–Crippen LogP) is 3.88. The van der Waals surface area contributed by atoms with Crippen LogP contribution in [0.2, 0.25) is 0 Å². The van der Waals surface area contributed by atoms with Crippen LogP contribution in [0.15, 0.2) is 22.7 Å². The molecule has 2 rings (SSSR count). The number of benzene rings is 1. The van der Waals surface area contributed by atoms with Crippen molar-refractivity contribution in [2.24, 2.45) is 5.73 Å². The number of nitrogens with two attached hydrogens (primary N) is 1. The predicted molar refractivity (Wildman–Crippen MR) is 95.6 cm³/mol. The van der Waals surface area contributed by atoms with Gasteiger partial charge in [-0.15, -0.1) is 11.3 Å². The highest BCUT2D eigenvalue weighted by atomic mass is 79.9. The number of primary amides is 1. The molecule has 0 saturated carbocycles. The van der Waals surface area contributed by atoms with Gasteiger partial charge in [0.05, 0.1) is 16.6 Å². The number of halogens is 1. The van der Waals surface area contributed by atoms with E-state index in [0.29, 0.717) is 33.0 Å². The average molecular weight is 397 g/mol. The summed E-state index contributed by atoms with van der Waals surface area (Å²) in [4.78, 5) is 25.0. The van der Waals surface area contributed by atoms with Gasteiger partial charge in [-0.25, -0.2) is 0 Å². The van der Waals surface area contributed by atoms with Gasteiger partial charge in [0.1, 0.15) is 10.8 Å². The zero-order valence-electron chi connectivity index (χ0n) is 13.0. The Labute approximate surface area is 147 Å². The van der Waals surface area contributed by atoms with Crippen molar-refractivity contribution < 1.29 is 14.3 Å². The Morgan fingerprint density at radius 2 is 2.04 bits per heavy atom. The van der Waals surface area contributed by atoms with Gasteiger partial charge in [0.25, 0.3) is 11.8 Å². The summed E-state index contributed by atoms with van der Waals surface area (Å²) in [6.45, 7) is 6.13. The number of carbonyl (C=O) groups is 2. The van der Waals surface area contributed by atoms with Crippen LogP contribution in [0.1, 0.15) is 38.1 Å². The van der Waals surface area contributed by atoms with Crippen molar-refractivity contribution in [3.8, 4) is 5.75 Å². The number of nitrogens with one attached hydrogen (secondary N) is 1. The third-order valence-corrected chi connectivity index (χ3v) is 5.10. The maximum Gasteiger partial charge on any atom is 0.256 e. The lowest BCUT2D eigenvalue weighted by atomic mass is 10.1. The minimum atomic E-state index is -0.546. The molecule has 0 unspecified atom stereocenters. The molecule has 0 aliphatic heterocycles. The van der Waals surface area contributed by atoms with Crippen molar-refractivity contribution in [1.82, 2.24) is 0 Å². The first-order valence-electron chi connectivity index (χ1n) is 6.98. The fourth-order valence-corrected chi connectivity index (χ4v) is 3.66. The summed E-state index contributed by atoms with van der Waals surface area (Å²) >= 11 is 4.72. The molecule has 0 saturated heterocycles. The number of amides is 2. The van der Waals surface area contributed by atoms with E-state index < -0.39 is 5.91 Å². The van der Waals surface area contributed by atoms with Crippen molar-refractivity contribution >= 4 is 44.1 Å². The van der Waals surface area contributed by atoms with Crippen molar-refractivity contribution in [2.45, 2.75) is 20.8 Å². The van der Waals surface area contributed by atoms with E-state index in [9.17, 15) is 9.59 Å². The van der Waals surface area contributed by atoms with E-state index in [4.69, 9.17) is 10.5 Å². The molecule has 122 valence electrons. The molecule has 0 bridgehead atoms. The van der Waals surface area contributed by atoms with Gasteiger partial charge >= 0.3 is 0 Å². The number of hydrogen-bond acceptors (Lipinski definition) is 4. The van der Waals surface area contributed by atoms with Gasteiger partial charge in [-0.3, -0.25) is 9.59 Å². The first-order valence-corrected chi connectivity index (χ1v) is 8.59. The lowest BCUT2D eigenvalue weighted by Gasteiger charge is -2.09. The van der Waals surface area contributed by atoms with Gasteiger partial charge in [-0.1, -0.05) is 0 Å². The largest absolute Gasteiger partial charge is 0.493 e. The summed E-state index contributed by atoms with van der Waals surface area (Å²) in [6, 6.07) is 5.07. The highest BCUT2D eigenvalue weighted by Gasteiger charge is 2.19. The molecule has 0 aliphatic rings. The maximum atomic E-state index is 12.4. The molecule has 2 amide bonds. The summed E-state index contributed by atoms with van der Waals surface area (Å²) in [5, 5.41) is 3.24. The van der Waals surface area contributed by atoms with Gasteiger partial charge in [-0.2, -0.15) is 0 Å². The standard InChI is InChI=1S/C16H17BrN2O3S/c1-4-22-12-6-5-10(7-11(12)17)15(21)19-16-13(14(18)20)8(2)9(3)23-16/h5-7H,4H2,1-3H3,(H2,18,20)(H,19,21). The van der Waals surface area contributed by atoms with E-state index in [0.717, 1.165) is 10.4 Å². The second-order valence-corrected chi connectivity index (χ2v) is 6.96. The van der Waals surface area contributed by atoms with E-state index in [1.165, 1.54) is 11.3 Å². The molecule has 3 N–H and O–H groups in total. The van der Waals surface area contributed by atoms with Gasteiger partial charge in [0.15, 0.2) is 0 Å². The van der Waals surface area contributed by atoms with Crippen LogP contribution >= 0.6 is 27.3 Å². The molecular weight excluding hydrogens is 380 g/mol. The number of ether oxygens (including phenoxy) is 1. The first kappa shape index (κ1) is 17.5. The Bertz CT molecular complexity index is 771. The smallest absolute Gasteiger partial charge is 0.256 e. The zero-order chi connectivity index (χ0) is 17.1. The van der Waals surface area contributed by atoms with Gasteiger partial charge < -0.3 is 15.8 Å². The second kappa shape index (κ2) is 7.14. The number of hydrogen-bond donors (Lipinski definition) is 2. The molecule has 0 fully saturated rings. The summed E-state index contributed by atoms with van der Waals surface area (Å²) in [6.07, 6.45) is 0. The highest BCUT2D eigenvalue weighted by molar-refractivity contribution is 9.10. The normalized spacial score (nSPS) is 10.4. The molecule has 5 nitrogen and oxygen atoms in total. The fourth-order valence-electron chi connectivity index (χ4n) is 2.10. The number of rotatable bonds is 5. The van der Waals surface area contributed by atoms with Crippen LogP contribution in [0, 0.1) is 13.8 Å². The summed E-state index contributed by atoms with van der Waals surface area (Å²) in [5.74, 6) is -0.183. The van der Waals surface area contributed by atoms with Gasteiger partial charge in [0.2, 0.25) is 0 Å². The molecule has 2 aromatic rings. The van der Waals surface area contributed by atoms with Crippen molar-refractivity contribution in [3.63, 3.8) is 0 Å². The molecule has 1 aromatic heterocycles. The first-order chi connectivity index (χ1) is 10.8. The molecule has 0 atom stereocenters. The zero-order valence-corrected chi connectivity index (χ0v) is 15.4. The van der Waals surface area contributed by atoms with Crippen molar-refractivity contribution in [3.05, 3.63) is 44.2 Å².